The number of aliphatic carboxylic acids is 1. The molecule has 1 atom stereocenters. The number of benzene rings is 1. The summed E-state index contributed by atoms with van der Waals surface area (Å²) in [6, 6.07) is 6.07. The Hall–Kier alpha value is -1.35. The molecule has 0 aromatic heterocycles. The smallest absolute Gasteiger partial charge is 0.320 e. The molecule has 1 aromatic rings. The Kier molecular flexibility index (Phi) is 3.48. The Bertz CT molecular complexity index is 428. The van der Waals surface area contributed by atoms with Crippen molar-refractivity contribution in [3.05, 3.63) is 34.9 Å². The summed E-state index contributed by atoms with van der Waals surface area (Å²) in [4.78, 5) is 13.1. The fourth-order valence-electron chi connectivity index (χ4n) is 2.43. The van der Waals surface area contributed by atoms with Crippen molar-refractivity contribution < 1.29 is 9.90 Å². The highest BCUT2D eigenvalue weighted by atomic mass is 16.4. The average molecular weight is 233 g/mol. The third-order valence-electron chi connectivity index (χ3n) is 3.61. The molecule has 3 heteroatoms. The number of hydrogen-bond donors (Lipinski definition) is 1. The van der Waals surface area contributed by atoms with Crippen LogP contribution in [0.5, 0.6) is 0 Å². The molecule has 1 heterocycles. The van der Waals surface area contributed by atoms with E-state index in [0.29, 0.717) is 0 Å². The molecule has 17 heavy (non-hydrogen) atoms. The maximum Gasteiger partial charge on any atom is 0.320 e. The second-order valence-corrected chi connectivity index (χ2v) is 4.89. The van der Waals surface area contributed by atoms with Crippen molar-refractivity contribution in [2.24, 2.45) is 0 Å². The molecule has 0 bridgehead atoms. The molecule has 1 N–H and O–H groups in total. The van der Waals surface area contributed by atoms with Crippen molar-refractivity contribution in [2.75, 3.05) is 6.54 Å². The maximum absolute atomic E-state index is 11.1. The van der Waals surface area contributed by atoms with Gasteiger partial charge in [-0.3, -0.25) is 9.69 Å². The first-order chi connectivity index (χ1) is 8.08. The van der Waals surface area contributed by atoms with Gasteiger partial charge in [0.25, 0.3) is 0 Å². The first kappa shape index (κ1) is 12.1. The fraction of sp³-hybridized carbons (Fsp3) is 0.500. The maximum atomic E-state index is 11.1. The van der Waals surface area contributed by atoms with E-state index in [9.17, 15) is 4.79 Å². The number of carbonyl (C=O) groups is 1. The molecule has 0 radical (unpaired) electrons. The van der Waals surface area contributed by atoms with E-state index in [2.05, 4.69) is 36.9 Å². The van der Waals surface area contributed by atoms with E-state index >= 15 is 0 Å². The van der Waals surface area contributed by atoms with E-state index in [1.165, 1.54) is 16.7 Å². The van der Waals surface area contributed by atoms with E-state index in [1.54, 1.807) is 0 Å². The topological polar surface area (TPSA) is 40.5 Å². The molecule has 0 spiro atoms. The Morgan fingerprint density at radius 1 is 1.41 bits per heavy atom. The van der Waals surface area contributed by atoms with Crippen molar-refractivity contribution >= 4 is 5.97 Å². The van der Waals surface area contributed by atoms with Crippen molar-refractivity contribution in [2.45, 2.75) is 39.3 Å². The quantitative estimate of drug-likeness (QED) is 0.871. The van der Waals surface area contributed by atoms with Crippen LogP contribution in [0.4, 0.5) is 0 Å². The van der Waals surface area contributed by atoms with Crippen LogP contribution in [0.3, 0.4) is 0 Å². The lowest BCUT2D eigenvalue weighted by atomic mass is 10.1. The molecule has 1 aromatic carbocycles. The minimum absolute atomic E-state index is 0.295. The molecule has 0 amide bonds. The van der Waals surface area contributed by atoms with Crippen LogP contribution >= 0.6 is 0 Å². The van der Waals surface area contributed by atoms with Crippen molar-refractivity contribution in [1.82, 2.24) is 4.90 Å². The molecule has 1 saturated heterocycles. The van der Waals surface area contributed by atoms with Crippen LogP contribution in [0.15, 0.2) is 18.2 Å². The zero-order chi connectivity index (χ0) is 12.4. The number of rotatable bonds is 3. The van der Waals surface area contributed by atoms with Gasteiger partial charge < -0.3 is 5.11 Å². The highest BCUT2D eigenvalue weighted by Gasteiger charge is 2.30. The predicted octanol–water partition coefficient (Wildman–Crippen LogP) is 2.35. The zero-order valence-corrected chi connectivity index (χ0v) is 10.4. The number of aryl methyl sites for hydroxylation is 2. The Morgan fingerprint density at radius 3 is 2.82 bits per heavy atom. The third-order valence-corrected chi connectivity index (χ3v) is 3.61. The third kappa shape index (κ3) is 2.67. The predicted molar refractivity (Wildman–Crippen MR) is 67.0 cm³/mol. The largest absolute Gasteiger partial charge is 0.480 e. The standard InChI is InChI=1S/C14H19NO2/c1-10-5-6-12(8-11(10)2)9-15-7-3-4-13(15)14(16)17/h5-6,8,13H,3-4,7,9H2,1-2H3,(H,16,17). The van der Waals surface area contributed by atoms with E-state index < -0.39 is 5.97 Å². The van der Waals surface area contributed by atoms with E-state index in [0.717, 1.165) is 25.9 Å². The monoisotopic (exact) mass is 233 g/mol. The SMILES string of the molecule is Cc1ccc(CN2CCCC2C(=O)O)cc1C. The lowest BCUT2D eigenvalue weighted by Crippen LogP contribution is -2.35. The minimum atomic E-state index is -0.689. The minimum Gasteiger partial charge on any atom is -0.480 e. The molecule has 3 nitrogen and oxygen atoms in total. The van der Waals surface area contributed by atoms with Crippen LogP contribution in [-0.2, 0) is 11.3 Å². The molecule has 1 aliphatic heterocycles. The van der Waals surface area contributed by atoms with Gasteiger partial charge in [0.2, 0.25) is 0 Å². The Labute approximate surface area is 102 Å². The van der Waals surface area contributed by atoms with E-state index in [1.807, 2.05) is 0 Å². The van der Waals surface area contributed by atoms with Gasteiger partial charge in [-0.05, 0) is 49.9 Å². The van der Waals surface area contributed by atoms with Gasteiger partial charge in [-0.25, -0.2) is 0 Å². The number of nitrogens with zero attached hydrogens (tertiary/aromatic N) is 1. The summed E-state index contributed by atoms with van der Waals surface area (Å²) in [7, 11) is 0. The number of carboxylic acid groups (broad SMARTS) is 1. The van der Waals surface area contributed by atoms with Crippen LogP contribution in [-0.4, -0.2) is 28.6 Å². The molecule has 1 aliphatic rings. The first-order valence-corrected chi connectivity index (χ1v) is 6.11. The fourth-order valence-corrected chi connectivity index (χ4v) is 2.43. The highest BCUT2D eigenvalue weighted by Crippen LogP contribution is 2.21. The van der Waals surface area contributed by atoms with Gasteiger partial charge in [-0.2, -0.15) is 0 Å². The van der Waals surface area contributed by atoms with Crippen LogP contribution in [0.2, 0.25) is 0 Å². The van der Waals surface area contributed by atoms with Crippen molar-refractivity contribution in [3.63, 3.8) is 0 Å². The van der Waals surface area contributed by atoms with Gasteiger partial charge >= 0.3 is 5.97 Å². The molecule has 1 unspecified atom stereocenters. The molecule has 92 valence electrons. The van der Waals surface area contributed by atoms with Gasteiger partial charge in [0.15, 0.2) is 0 Å². The van der Waals surface area contributed by atoms with Crippen molar-refractivity contribution in [1.29, 1.82) is 0 Å². The molecular weight excluding hydrogens is 214 g/mol. The summed E-state index contributed by atoms with van der Waals surface area (Å²) >= 11 is 0. The lowest BCUT2D eigenvalue weighted by Gasteiger charge is -2.21. The zero-order valence-electron chi connectivity index (χ0n) is 10.4. The first-order valence-electron chi connectivity index (χ1n) is 6.11. The Balaban J connectivity index is 2.09. The van der Waals surface area contributed by atoms with Crippen LogP contribution in [0.25, 0.3) is 0 Å². The summed E-state index contributed by atoms with van der Waals surface area (Å²) in [6.45, 7) is 5.83. The van der Waals surface area contributed by atoms with Gasteiger partial charge in [0.1, 0.15) is 6.04 Å². The van der Waals surface area contributed by atoms with Gasteiger partial charge in [0, 0.05) is 6.54 Å². The molecule has 1 fully saturated rings. The summed E-state index contributed by atoms with van der Waals surface area (Å²) < 4.78 is 0. The number of carboxylic acids is 1. The van der Waals surface area contributed by atoms with Crippen molar-refractivity contribution in [3.8, 4) is 0 Å². The molecule has 2 rings (SSSR count). The molecule has 0 saturated carbocycles. The second kappa shape index (κ2) is 4.88. The number of likely N-dealkylation sites (tertiary alicyclic amines) is 1. The van der Waals surface area contributed by atoms with E-state index in [4.69, 9.17) is 5.11 Å². The van der Waals surface area contributed by atoms with Gasteiger partial charge in [-0.1, -0.05) is 18.2 Å². The van der Waals surface area contributed by atoms with Gasteiger partial charge in [0.05, 0.1) is 0 Å². The van der Waals surface area contributed by atoms with Gasteiger partial charge in [-0.15, -0.1) is 0 Å². The Morgan fingerprint density at radius 2 is 2.18 bits per heavy atom. The summed E-state index contributed by atoms with van der Waals surface area (Å²) in [5, 5.41) is 9.12. The summed E-state index contributed by atoms with van der Waals surface area (Å²) in [6.07, 6.45) is 1.77. The lowest BCUT2D eigenvalue weighted by molar-refractivity contribution is -0.142. The van der Waals surface area contributed by atoms with E-state index in [-0.39, 0.29) is 6.04 Å². The molecular formula is C14H19NO2. The van der Waals surface area contributed by atoms with Crippen LogP contribution < -0.4 is 0 Å². The number of hydrogen-bond acceptors (Lipinski definition) is 2. The average Bonchev–Trinajstić information content (AvgIpc) is 2.72. The second-order valence-electron chi connectivity index (χ2n) is 4.89. The van der Waals surface area contributed by atoms with Crippen LogP contribution in [0.1, 0.15) is 29.5 Å². The highest BCUT2D eigenvalue weighted by molar-refractivity contribution is 5.73. The molecule has 0 aliphatic carbocycles. The summed E-state index contributed by atoms with van der Waals surface area (Å²) in [5.74, 6) is -0.689. The van der Waals surface area contributed by atoms with Crippen LogP contribution in [0, 0.1) is 13.8 Å². The summed E-state index contributed by atoms with van der Waals surface area (Å²) in [5.41, 5.74) is 3.76. The normalized spacial score (nSPS) is 20.7.